The molecule has 2 saturated heterocycles. The Morgan fingerprint density at radius 2 is 1.77 bits per heavy atom. The maximum atomic E-state index is 12.4. The van der Waals surface area contributed by atoms with E-state index in [1.807, 2.05) is 12.1 Å². The van der Waals surface area contributed by atoms with Crippen LogP contribution in [0.1, 0.15) is 19.3 Å². The largest absolute Gasteiger partial charge is 0.372 e. The molecule has 2 fully saturated rings. The number of amides is 2. The SMILES string of the molecule is COC(CNC(=O)C1CC(=O)N(c2ccc(N3CCCC3)cc2)C1)OC. The van der Waals surface area contributed by atoms with Crippen LogP contribution in [-0.2, 0) is 19.1 Å². The fraction of sp³-hybridized carbons (Fsp3) is 0.579. The van der Waals surface area contributed by atoms with E-state index in [2.05, 4.69) is 22.3 Å². The molecule has 1 N–H and O–H groups in total. The summed E-state index contributed by atoms with van der Waals surface area (Å²) in [6, 6.07) is 8.06. The van der Waals surface area contributed by atoms with Gasteiger partial charge in [0.15, 0.2) is 6.29 Å². The molecule has 0 bridgehead atoms. The molecule has 7 nitrogen and oxygen atoms in total. The lowest BCUT2D eigenvalue weighted by Crippen LogP contribution is -2.38. The fourth-order valence-corrected chi connectivity index (χ4v) is 3.54. The first-order valence-electron chi connectivity index (χ1n) is 9.11. The van der Waals surface area contributed by atoms with Gasteiger partial charge in [-0.15, -0.1) is 0 Å². The van der Waals surface area contributed by atoms with Gasteiger partial charge in [0.1, 0.15) is 0 Å². The Hall–Kier alpha value is -2.12. The van der Waals surface area contributed by atoms with E-state index in [-0.39, 0.29) is 30.7 Å². The zero-order chi connectivity index (χ0) is 18.5. The van der Waals surface area contributed by atoms with E-state index in [4.69, 9.17) is 9.47 Å². The number of nitrogens with one attached hydrogen (secondary N) is 1. The minimum Gasteiger partial charge on any atom is -0.372 e. The highest BCUT2D eigenvalue weighted by atomic mass is 16.7. The average molecular weight is 361 g/mol. The molecule has 0 aliphatic carbocycles. The number of nitrogens with zero attached hydrogens (tertiary/aromatic N) is 2. The predicted octanol–water partition coefficient (Wildman–Crippen LogP) is 1.37. The van der Waals surface area contributed by atoms with Crippen molar-refractivity contribution in [3.05, 3.63) is 24.3 Å². The monoisotopic (exact) mass is 361 g/mol. The quantitative estimate of drug-likeness (QED) is 0.743. The van der Waals surface area contributed by atoms with Crippen molar-refractivity contribution < 1.29 is 19.1 Å². The van der Waals surface area contributed by atoms with Crippen molar-refractivity contribution in [3.8, 4) is 0 Å². The molecule has 0 spiro atoms. The topological polar surface area (TPSA) is 71.1 Å². The highest BCUT2D eigenvalue weighted by Gasteiger charge is 2.35. The van der Waals surface area contributed by atoms with E-state index in [0.29, 0.717) is 6.54 Å². The maximum absolute atomic E-state index is 12.4. The van der Waals surface area contributed by atoms with Crippen molar-refractivity contribution in [2.75, 3.05) is 50.2 Å². The molecule has 1 aromatic carbocycles. The first-order valence-corrected chi connectivity index (χ1v) is 9.11. The van der Waals surface area contributed by atoms with Crippen LogP contribution < -0.4 is 15.1 Å². The number of anilines is 2. The Morgan fingerprint density at radius 1 is 1.15 bits per heavy atom. The number of benzene rings is 1. The minimum absolute atomic E-state index is 0.0193. The molecule has 2 amide bonds. The molecular weight excluding hydrogens is 334 g/mol. The molecule has 2 heterocycles. The van der Waals surface area contributed by atoms with E-state index in [1.54, 1.807) is 4.90 Å². The van der Waals surface area contributed by atoms with Crippen molar-refractivity contribution >= 4 is 23.2 Å². The van der Waals surface area contributed by atoms with Crippen LogP contribution in [0.25, 0.3) is 0 Å². The second kappa shape index (κ2) is 8.51. The molecule has 0 aromatic heterocycles. The Kier molecular flexibility index (Phi) is 6.11. The summed E-state index contributed by atoms with van der Waals surface area (Å²) in [6.07, 6.45) is 2.21. The fourth-order valence-electron chi connectivity index (χ4n) is 3.54. The number of hydrogen-bond donors (Lipinski definition) is 1. The van der Waals surface area contributed by atoms with Crippen molar-refractivity contribution in [1.29, 1.82) is 0 Å². The Morgan fingerprint density at radius 3 is 2.38 bits per heavy atom. The van der Waals surface area contributed by atoms with Crippen molar-refractivity contribution in [2.45, 2.75) is 25.6 Å². The molecule has 3 rings (SSSR count). The van der Waals surface area contributed by atoms with Crippen LogP contribution in [0.15, 0.2) is 24.3 Å². The zero-order valence-corrected chi connectivity index (χ0v) is 15.4. The zero-order valence-electron chi connectivity index (χ0n) is 15.4. The molecule has 1 unspecified atom stereocenters. The van der Waals surface area contributed by atoms with Gasteiger partial charge in [0.2, 0.25) is 11.8 Å². The molecule has 26 heavy (non-hydrogen) atoms. The molecular formula is C19H27N3O4. The molecule has 1 atom stereocenters. The second-order valence-corrected chi connectivity index (χ2v) is 6.76. The van der Waals surface area contributed by atoms with Crippen molar-refractivity contribution in [3.63, 3.8) is 0 Å². The molecule has 0 radical (unpaired) electrons. The van der Waals surface area contributed by atoms with Gasteiger partial charge in [0.05, 0.1) is 12.5 Å². The first-order chi connectivity index (χ1) is 12.6. The normalized spacial score (nSPS) is 20.3. The lowest BCUT2D eigenvalue weighted by atomic mass is 10.1. The second-order valence-electron chi connectivity index (χ2n) is 6.76. The van der Waals surface area contributed by atoms with Crippen LogP contribution in [0, 0.1) is 5.92 Å². The van der Waals surface area contributed by atoms with Crippen LogP contribution in [0.3, 0.4) is 0 Å². The molecule has 2 aliphatic rings. The van der Waals surface area contributed by atoms with Gasteiger partial charge in [-0.2, -0.15) is 0 Å². The van der Waals surface area contributed by atoms with Gasteiger partial charge >= 0.3 is 0 Å². The van der Waals surface area contributed by atoms with Gasteiger partial charge in [0, 0.05) is 51.6 Å². The summed E-state index contributed by atoms with van der Waals surface area (Å²) in [5.41, 5.74) is 2.04. The summed E-state index contributed by atoms with van der Waals surface area (Å²) >= 11 is 0. The van der Waals surface area contributed by atoms with E-state index in [9.17, 15) is 9.59 Å². The van der Waals surface area contributed by atoms with Gasteiger partial charge in [0.25, 0.3) is 0 Å². The van der Waals surface area contributed by atoms with Crippen molar-refractivity contribution in [2.24, 2.45) is 5.92 Å². The van der Waals surface area contributed by atoms with Crippen LogP contribution in [-0.4, -0.2) is 58.5 Å². The van der Waals surface area contributed by atoms with Gasteiger partial charge in [-0.05, 0) is 37.1 Å². The van der Waals surface area contributed by atoms with Crippen LogP contribution in [0.2, 0.25) is 0 Å². The van der Waals surface area contributed by atoms with E-state index < -0.39 is 6.29 Å². The Labute approximate surface area is 154 Å². The maximum Gasteiger partial charge on any atom is 0.227 e. The van der Waals surface area contributed by atoms with Gasteiger partial charge in [-0.25, -0.2) is 0 Å². The third-order valence-corrected chi connectivity index (χ3v) is 5.10. The summed E-state index contributed by atoms with van der Waals surface area (Å²) in [6.45, 7) is 2.85. The number of methoxy groups -OCH3 is 2. The number of carbonyl (C=O) groups is 2. The lowest BCUT2D eigenvalue weighted by molar-refractivity contribution is -0.131. The molecule has 2 aliphatic heterocycles. The summed E-state index contributed by atoms with van der Waals surface area (Å²) in [5.74, 6) is -0.516. The molecule has 1 aromatic rings. The van der Waals surface area contributed by atoms with Gasteiger partial charge in [-0.1, -0.05) is 0 Å². The summed E-state index contributed by atoms with van der Waals surface area (Å²) < 4.78 is 10.1. The van der Waals surface area contributed by atoms with Gasteiger partial charge < -0.3 is 24.6 Å². The van der Waals surface area contributed by atoms with E-state index in [1.165, 1.54) is 32.7 Å². The van der Waals surface area contributed by atoms with Gasteiger partial charge in [-0.3, -0.25) is 9.59 Å². The molecule has 7 heteroatoms. The molecule has 142 valence electrons. The summed E-state index contributed by atoms with van der Waals surface area (Å²) in [5, 5.41) is 2.79. The number of carbonyl (C=O) groups excluding carboxylic acids is 2. The number of rotatable bonds is 7. The van der Waals surface area contributed by atoms with Crippen LogP contribution in [0.4, 0.5) is 11.4 Å². The van der Waals surface area contributed by atoms with Crippen LogP contribution >= 0.6 is 0 Å². The predicted molar refractivity (Wildman–Crippen MR) is 99.2 cm³/mol. The third kappa shape index (κ3) is 4.16. The van der Waals surface area contributed by atoms with E-state index >= 15 is 0 Å². The highest BCUT2D eigenvalue weighted by molar-refractivity contribution is 6.00. The third-order valence-electron chi connectivity index (χ3n) is 5.10. The van der Waals surface area contributed by atoms with Crippen molar-refractivity contribution in [1.82, 2.24) is 5.32 Å². The first kappa shape index (κ1) is 18.7. The summed E-state index contributed by atoms with van der Waals surface area (Å²) in [7, 11) is 3.04. The Bertz CT molecular complexity index is 624. The lowest BCUT2D eigenvalue weighted by Gasteiger charge is -2.21. The van der Waals surface area contributed by atoms with E-state index in [0.717, 1.165) is 18.8 Å². The smallest absolute Gasteiger partial charge is 0.227 e. The Balaban J connectivity index is 1.58. The molecule has 0 saturated carbocycles. The standard InChI is InChI=1S/C19H27N3O4/c1-25-18(26-2)12-20-19(24)14-11-17(23)22(13-14)16-7-5-15(6-8-16)21-9-3-4-10-21/h5-8,14,18H,3-4,9-13H2,1-2H3,(H,20,24). The minimum atomic E-state index is -0.481. The number of ether oxygens (including phenoxy) is 2. The van der Waals surface area contributed by atoms with Crippen LogP contribution in [0.5, 0.6) is 0 Å². The average Bonchev–Trinajstić information content (AvgIpc) is 3.32. The number of hydrogen-bond acceptors (Lipinski definition) is 5. The summed E-state index contributed by atoms with van der Waals surface area (Å²) in [4.78, 5) is 28.7. The highest BCUT2D eigenvalue weighted by Crippen LogP contribution is 2.28.